The van der Waals surface area contributed by atoms with Gasteiger partial charge in [0.25, 0.3) is 0 Å². The number of allylic oxidation sites excluding steroid dienone is 2. The van der Waals surface area contributed by atoms with Crippen molar-refractivity contribution in [2.45, 2.75) is 116 Å². The quantitative estimate of drug-likeness (QED) is 0.0299. The van der Waals surface area contributed by atoms with Gasteiger partial charge in [0.05, 0.1) is 25.0 Å². The molecule has 0 bridgehead atoms. The topological polar surface area (TPSA) is 215 Å². The second kappa shape index (κ2) is 35.9. The molecule has 2 aliphatic rings. The van der Waals surface area contributed by atoms with E-state index in [9.17, 15) is 24.0 Å². The monoisotopic (exact) mass is 1000 g/mol. The van der Waals surface area contributed by atoms with E-state index in [0.29, 0.717) is 32.5 Å². The van der Waals surface area contributed by atoms with Gasteiger partial charge in [0.1, 0.15) is 0 Å². The van der Waals surface area contributed by atoms with Gasteiger partial charge in [-0.25, -0.2) is 0 Å². The minimum Gasteiger partial charge on any atom is -0.356 e. The first-order valence-corrected chi connectivity index (χ1v) is 28.1. The van der Waals surface area contributed by atoms with Crippen LogP contribution in [0.25, 0.3) is 0 Å². The number of hydrogen-bond acceptors (Lipinski definition) is 12. The van der Waals surface area contributed by atoms with Crippen molar-refractivity contribution >= 4 is 74.7 Å². The lowest BCUT2D eigenvalue weighted by atomic mass is 9.95. The summed E-state index contributed by atoms with van der Waals surface area (Å²) in [5, 5.41) is 5.11. The molecular weight excluding hydrogens is 927 g/mol. The van der Waals surface area contributed by atoms with E-state index in [1.54, 1.807) is 11.0 Å². The molecule has 2 aliphatic heterocycles. The average Bonchev–Trinajstić information content (AvgIpc) is 3.58. The zero-order chi connectivity index (χ0) is 50.8. The molecule has 0 saturated carbocycles. The first kappa shape index (κ1) is 61.9. The first-order valence-electron chi connectivity index (χ1n) is 23.5. The third-order valence-electron chi connectivity index (χ3n) is 10.2. The fraction of sp³-hybridized carbons (Fsp3) is 0.500. The predicted molar refractivity (Wildman–Crippen MR) is 281 cm³/mol. The summed E-state index contributed by atoms with van der Waals surface area (Å²) in [4.78, 5) is 101. The molecule has 1 atom stereocenters. The molecule has 0 spiro atoms. The Balaban J connectivity index is 0.000000788. The first-order chi connectivity index (χ1) is 32.5. The van der Waals surface area contributed by atoms with Crippen molar-refractivity contribution in [1.29, 1.82) is 0 Å². The van der Waals surface area contributed by atoms with Crippen LogP contribution in [0.15, 0.2) is 97.1 Å². The van der Waals surface area contributed by atoms with Crippen LogP contribution < -0.4 is 15.5 Å². The number of hydrogen-bond donors (Lipinski definition) is 6. The zero-order valence-corrected chi connectivity index (χ0v) is 43.1. The number of likely N-dealkylation sites (tertiary alicyclic amines) is 1. The average molecular weight is 1010 g/mol. The summed E-state index contributed by atoms with van der Waals surface area (Å²) >= 11 is 1.45. The van der Waals surface area contributed by atoms with E-state index in [2.05, 4.69) is 36.4 Å². The molecule has 5 amide bonds. The predicted octanol–water partition coefficient (Wildman–Crippen LogP) is 8.13. The van der Waals surface area contributed by atoms with Gasteiger partial charge in [0, 0.05) is 51.0 Å². The molecule has 0 radical (unpaired) electrons. The summed E-state index contributed by atoms with van der Waals surface area (Å²) in [6.07, 6.45) is 19.1. The van der Waals surface area contributed by atoms with Crippen LogP contribution in [0, 0.1) is 0 Å². The number of fused-ring (bicyclic) bond motifs is 1. The van der Waals surface area contributed by atoms with Crippen LogP contribution in [0.3, 0.4) is 0 Å². The molecule has 4 rings (SSSR count). The molecule has 1 saturated heterocycles. The molecule has 2 heterocycles. The number of anilines is 1. The molecule has 15 nitrogen and oxygen atoms in total. The Hall–Kier alpha value is -4.08. The Bertz CT molecular complexity index is 1950. The number of amides is 5. The maximum atomic E-state index is 13.3. The maximum absolute atomic E-state index is 13.3. The van der Waals surface area contributed by atoms with Crippen molar-refractivity contribution in [1.82, 2.24) is 15.5 Å². The number of carbonyl (C=O) groups excluding carboxylic acids is 5. The number of imide groups is 1. The summed E-state index contributed by atoms with van der Waals surface area (Å²) in [6.45, 7) is 15.5. The van der Waals surface area contributed by atoms with E-state index in [-0.39, 0.29) is 68.5 Å². The van der Waals surface area contributed by atoms with Crippen molar-refractivity contribution in [3.05, 3.63) is 103 Å². The Labute approximate surface area is 409 Å². The number of nitrogens with one attached hydrogen (secondary N) is 2. The smallest absolute Gasteiger partial charge is 0.245 e. The molecule has 6 N–H and O–H groups in total. The van der Waals surface area contributed by atoms with Gasteiger partial charge in [0.2, 0.25) is 44.7 Å². The lowest BCUT2D eigenvalue weighted by Crippen LogP contribution is -2.38. The van der Waals surface area contributed by atoms with E-state index in [1.807, 2.05) is 87.5 Å². The Morgan fingerprint density at radius 3 is 1.84 bits per heavy atom. The van der Waals surface area contributed by atoms with Crippen LogP contribution in [-0.4, -0.2) is 117 Å². The van der Waals surface area contributed by atoms with E-state index >= 15 is 0 Å². The molecule has 2 aromatic carbocycles. The standard InChI is InChI=1S/C32H44N3O7PS.C10H22NO4P.C6H6.C2H6/c1-4-24-14-15-26-12-8-9-13-27(26)35(23-25(24)5-2)30(37)16-18-33-29(36)17-19-34-31(38)22-28(32(34)39)44-21-11-7-6-10-20-42-43(3,40)41;1-3-10(12)11-8-6-4-5-7-9-15-16(2,13)14;1-2-4-6-5-3-1;1-2/h4-5,8-9,12-13,28,40-41H,1-3,6-7,10-11,14-23H2,(H,33,36);13-14H,2-9H2,1H3,(H,11,12);1-6H;1-2H3/b25-24-;;;. The Kier molecular flexibility index (Phi) is 32.7. The van der Waals surface area contributed by atoms with Gasteiger partial charge in [0.15, 0.2) is 0 Å². The normalized spacial score (nSPS) is 15.7. The number of nitrogens with zero attached hydrogens (tertiary/aromatic N) is 2. The van der Waals surface area contributed by atoms with Crippen molar-refractivity contribution in [2.75, 3.05) is 50.0 Å². The molecule has 0 aliphatic carbocycles. The number of para-hydroxylation sites is 1. The van der Waals surface area contributed by atoms with Gasteiger partial charge < -0.3 is 44.2 Å². The summed E-state index contributed by atoms with van der Waals surface area (Å²) in [5.74, 6) is -0.194. The van der Waals surface area contributed by atoms with Crippen molar-refractivity contribution in [3.63, 3.8) is 0 Å². The highest BCUT2D eigenvalue weighted by atomic mass is 32.2. The molecule has 380 valence electrons. The molecule has 1 fully saturated rings. The number of aryl methyl sites for hydroxylation is 1. The minimum absolute atomic E-state index is 0.0119. The summed E-state index contributed by atoms with van der Waals surface area (Å²) in [5.41, 5.74) is 3.93. The van der Waals surface area contributed by atoms with Crippen LogP contribution in [0.4, 0.5) is 5.69 Å². The molecule has 68 heavy (non-hydrogen) atoms. The van der Waals surface area contributed by atoms with Crippen molar-refractivity contribution in [2.24, 2.45) is 0 Å². The van der Waals surface area contributed by atoms with Crippen molar-refractivity contribution < 1.29 is 52.6 Å². The molecule has 18 heteroatoms. The van der Waals surface area contributed by atoms with Gasteiger partial charge in [-0.05, 0) is 79.7 Å². The van der Waals surface area contributed by atoms with Gasteiger partial charge in [-0.2, -0.15) is 0 Å². The second-order valence-electron chi connectivity index (χ2n) is 15.5. The highest BCUT2D eigenvalue weighted by molar-refractivity contribution is 8.00. The summed E-state index contributed by atoms with van der Waals surface area (Å²) in [6, 6.07) is 19.8. The highest BCUT2D eigenvalue weighted by Crippen LogP contribution is 2.36. The van der Waals surface area contributed by atoms with Crippen LogP contribution in [0.5, 0.6) is 0 Å². The fourth-order valence-electron chi connectivity index (χ4n) is 6.71. The van der Waals surface area contributed by atoms with E-state index < -0.39 is 20.4 Å². The molecule has 2 aromatic rings. The molecule has 1 unspecified atom stereocenters. The summed E-state index contributed by atoms with van der Waals surface area (Å²) in [7, 11) is -6.73. The highest BCUT2D eigenvalue weighted by Gasteiger charge is 2.38. The van der Waals surface area contributed by atoms with Crippen LogP contribution in [0.2, 0.25) is 0 Å². The zero-order valence-electron chi connectivity index (χ0n) is 40.5. The largest absolute Gasteiger partial charge is 0.356 e. The minimum atomic E-state index is -3.43. The van der Waals surface area contributed by atoms with Gasteiger partial charge in [-0.15, -0.1) is 11.8 Å². The Morgan fingerprint density at radius 1 is 0.735 bits per heavy atom. The van der Waals surface area contributed by atoms with E-state index in [4.69, 9.17) is 28.6 Å². The number of thioether (sulfide) groups is 1. The number of unbranched alkanes of at least 4 members (excludes halogenated alkanes) is 6. The number of benzene rings is 2. The van der Waals surface area contributed by atoms with Crippen molar-refractivity contribution in [3.8, 4) is 0 Å². The number of rotatable bonds is 26. The summed E-state index contributed by atoms with van der Waals surface area (Å²) < 4.78 is 9.58. The van der Waals surface area contributed by atoms with E-state index in [1.165, 1.54) is 11.8 Å². The third-order valence-corrected chi connectivity index (χ3v) is 12.7. The maximum Gasteiger partial charge on any atom is 0.245 e. The number of carbonyl (C=O) groups is 5. The molecular formula is C50H78N4O11P2S. The molecule has 0 aromatic heterocycles. The van der Waals surface area contributed by atoms with Gasteiger partial charge in [-0.3, -0.25) is 28.9 Å². The van der Waals surface area contributed by atoms with Gasteiger partial charge in [-0.1, -0.05) is 126 Å². The Morgan fingerprint density at radius 2 is 1.28 bits per heavy atom. The van der Waals surface area contributed by atoms with Crippen LogP contribution >= 0.6 is 26.9 Å². The van der Waals surface area contributed by atoms with E-state index in [0.717, 1.165) is 90.8 Å². The van der Waals surface area contributed by atoms with Gasteiger partial charge >= 0.3 is 0 Å². The van der Waals surface area contributed by atoms with Crippen LogP contribution in [-0.2, 0) is 39.4 Å². The second-order valence-corrected chi connectivity index (χ2v) is 20.0. The van der Waals surface area contributed by atoms with Crippen LogP contribution in [0.1, 0.15) is 110 Å². The lowest BCUT2D eigenvalue weighted by molar-refractivity contribution is -0.138. The lowest BCUT2D eigenvalue weighted by Gasteiger charge is -2.29. The fourth-order valence-corrected chi connectivity index (χ4v) is 8.74. The third kappa shape index (κ3) is 27.8. The SMILES string of the molecule is C=C/C1=C(\C=C)CN(C(=O)CCNC(=O)CCN2C(=O)CC(SCCCCCCOP(=C)(O)O)C2=O)c2ccccc2CC1.C=P(O)(O)OCCCCCCNC(=O)CC.CC.c1ccccc1.